The molecule has 0 aliphatic heterocycles. The van der Waals surface area contributed by atoms with E-state index in [0.717, 1.165) is 8.78 Å². The molecule has 134 valence electrons. The highest BCUT2D eigenvalue weighted by Crippen LogP contribution is 2.29. The third kappa shape index (κ3) is 4.95. The van der Waals surface area contributed by atoms with E-state index >= 15 is 0 Å². The number of hydrogen-bond donors (Lipinski definition) is 1. The van der Waals surface area contributed by atoms with Crippen LogP contribution < -0.4 is 5.32 Å². The van der Waals surface area contributed by atoms with Crippen molar-refractivity contribution in [3.63, 3.8) is 0 Å². The van der Waals surface area contributed by atoms with E-state index in [2.05, 4.69) is 21.2 Å². The fourth-order valence-electron chi connectivity index (χ4n) is 2.07. The number of halogens is 3. The van der Waals surface area contributed by atoms with E-state index in [0.29, 0.717) is 10.7 Å². The second kappa shape index (κ2) is 8.51. The second-order valence-electron chi connectivity index (χ2n) is 5.03. The highest BCUT2D eigenvalue weighted by atomic mass is 79.9. The van der Waals surface area contributed by atoms with Crippen molar-refractivity contribution in [2.45, 2.75) is 11.8 Å². The summed E-state index contributed by atoms with van der Waals surface area (Å²) in [6.45, 7) is 1.48. The van der Waals surface area contributed by atoms with Crippen LogP contribution in [0.2, 0.25) is 10.0 Å². The van der Waals surface area contributed by atoms with Gasteiger partial charge in [0.1, 0.15) is 0 Å². The first-order chi connectivity index (χ1) is 11.8. The molecule has 0 radical (unpaired) electrons. The molecule has 0 heterocycles. The molecule has 0 unspecified atom stereocenters. The minimum atomic E-state index is -3.78. The number of hydrogen-bond acceptors (Lipinski definition) is 3. The van der Waals surface area contributed by atoms with Gasteiger partial charge in [-0.1, -0.05) is 52.1 Å². The van der Waals surface area contributed by atoms with E-state index in [4.69, 9.17) is 23.2 Å². The average Bonchev–Trinajstić information content (AvgIpc) is 2.57. The van der Waals surface area contributed by atoms with Gasteiger partial charge in [-0.25, -0.2) is 8.42 Å². The van der Waals surface area contributed by atoms with Crippen LogP contribution >= 0.6 is 39.1 Å². The third-order valence-electron chi connectivity index (χ3n) is 3.35. The zero-order chi connectivity index (χ0) is 18.6. The summed E-state index contributed by atoms with van der Waals surface area (Å²) >= 11 is 15.2. The van der Waals surface area contributed by atoms with Crippen LogP contribution in [0.3, 0.4) is 0 Å². The molecule has 0 bridgehead atoms. The van der Waals surface area contributed by atoms with E-state index in [1.165, 1.54) is 12.1 Å². The molecule has 9 heteroatoms. The Morgan fingerprint density at radius 3 is 2.40 bits per heavy atom. The Balaban J connectivity index is 2.17. The number of amides is 1. The minimum Gasteiger partial charge on any atom is -0.324 e. The van der Waals surface area contributed by atoms with Gasteiger partial charge in [0.25, 0.3) is 0 Å². The number of nitrogens with zero attached hydrogens (tertiary/aromatic N) is 1. The van der Waals surface area contributed by atoms with Crippen molar-refractivity contribution in [2.75, 3.05) is 18.4 Å². The highest BCUT2D eigenvalue weighted by molar-refractivity contribution is 9.10. The Morgan fingerprint density at radius 1 is 1.16 bits per heavy atom. The number of carbonyl (C=O) groups is 1. The number of benzene rings is 2. The fourth-order valence-corrected chi connectivity index (χ4v) is 4.09. The average molecular weight is 466 g/mol. The van der Waals surface area contributed by atoms with Crippen molar-refractivity contribution < 1.29 is 13.2 Å². The summed E-state index contributed by atoms with van der Waals surface area (Å²) in [7, 11) is -3.78. The molecule has 1 amide bonds. The maximum atomic E-state index is 12.7. The highest BCUT2D eigenvalue weighted by Gasteiger charge is 2.25. The lowest BCUT2D eigenvalue weighted by molar-refractivity contribution is -0.116. The Kier molecular flexibility index (Phi) is 6.87. The van der Waals surface area contributed by atoms with Gasteiger partial charge in [-0.3, -0.25) is 4.79 Å². The molecule has 0 aliphatic rings. The second-order valence-corrected chi connectivity index (χ2v) is 8.67. The molecule has 1 N–H and O–H groups in total. The zero-order valence-corrected chi connectivity index (χ0v) is 17.1. The van der Waals surface area contributed by atoms with Crippen molar-refractivity contribution in [2.24, 2.45) is 0 Å². The van der Waals surface area contributed by atoms with Gasteiger partial charge >= 0.3 is 0 Å². The van der Waals surface area contributed by atoms with Crippen molar-refractivity contribution in [1.82, 2.24) is 4.31 Å². The van der Waals surface area contributed by atoms with Crippen LogP contribution in [0.15, 0.2) is 51.8 Å². The third-order valence-corrected chi connectivity index (χ3v) is 6.63. The van der Waals surface area contributed by atoms with Crippen LogP contribution in [0.4, 0.5) is 5.69 Å². The smallest absolute Gasteiger partial charge is 0.243 e. The molecular weight excluding hydrogens is 451 g/mol. The van der Waals surface area contributed by atoms with E-state index in [1.807, 2.05) is 0 Å². The van der Waals surface area contributed by atoms with Gasteiger partial charge in [0.2, 0.25) is 15.9 Å². The molecule has 2 rings (SSSR count). The first kappa shape index (κ1) is 20.2. The fraction of sp³-hybridized carbons (Fsp3) is 0.188. The van der Waals surface area contributed by atoms with Crippen molar-refractivity contribution in [3.8, 4) is 0 Å². The summed E-state index contributed by atoms with van der Waals surface area (Å²) in [4.78, 5) is 12.4. The number of anilines is 1. The summed E-state index contributed by atoms with van der Waals surface area (Å²) < 4.78 is 27.2. The normalized spacial score (nSPS) is 11.6. The number of carbonyl (C=O) groups excluding carboxylic acids is 1. The maximum absolute atomic E-state index is 12.7. The summed E-state index contributed by atoms with van der Waals surface area (Å²) in [5, 5.41) is 3.08. The largest absolute Gasteiger partial charge is 0.324 e. The van der Waals surface area contributed by atoms with E-state index in [1.54, 1.807) is 37.3 Å². The molecule has 0 spiro atoms. The van der Waals surface area contributed by atoms with Crippen LogP contribution in [-0.2, 0) is 14.8 Å². The summed E-state index contributed by atoms with van der Waals surface area (Å²) in [5.74, 6) is -0.508. The van der Waals surface area contributed by atoms with E-state index in [9.17, 15) is 13.2 Å². The molecule has 2 aromatic carbocycles. The standard InChI is InChI=1S/C16H15BrCl2N2O3S/c1-2-21(25(23,24)12-8-6-11(17)7-9-12)10-15(22)20-14-5-3-4-13(18)16(14)19/h3-9H,2,10H2,1H3,(H,20,22). The predicted molar refractivity (Wildman–Crippen MR) is 104 cm³/mol. The van der Waals surface area contributed by atoms with Gasteiger partial charge in [-0.15, -0.1) is 0 Å². The van der Waals surface area contributed by atoms with Gasteiger partial charge < -0.3 is 5.32 Å². The van der Waals surface area contributed by atoms with Gasteiger partial charge in [0.15, 0.2) is 0 Å². The van der Waals surface area contributed by atoms with E-state index < -0.39 is 15.9 Å². The first-order valence-corrected chi connectivity index (χ1v) is 10.2. The number of sulfonamides is 1. The summed E-state index contributed by atoms with van der Waals surface area (Å²) in [6, 6.07) is 11.0. The maximum Gasteiger partial charge on any atom is 0.243 e. The van der Waals surface area contributed by atoms with Gasteiger partial charge in [0.05, 0.1) is 27.2 Å². The Bertz CT molecular complexity index is 873. The van der Waals surface area contributed by atoms with Gasteiger partial charge in [-0.05, 0) is 36.4 Å². The number of likely N-dealkylation sites (N-methyl/N-ethyl adjacent to an activating group) is 1. The SMILES string of the molecule is CCN(CC(=O)Nc1cccc(Cl)c1Cl)S(=O)(=O)c1ccc(Br)cc1. The van der Waals surface area contributed by atoms with Gasteiger partial charge in [-0.2, -0.15) is 4.31 Å². The molecule has 0 fully saturated rings. The van der Waals surface area contributed by atoms with Crippen molar-refractivity contribution >= 4 is 60.7 Å². The minimum absolute atomic E-state index is 0.117. The molecule has 5 nitrogen and oxygen atoms in total. The van der Waals surface area contributed by atoms with Crippen LogP contribution in [0.25, 0.3) is 0 Å². The van der Waals surface area contributed by atoms with Crippen LogP contribution in [0, 0.1) is 0 Å². The molecule has 0 aromatic heterocycles. The van der Waals surface area contributed by atoms with Crippen LogP contribution in [-0.4, -0.2) is 31.7 Å². The van der Waals surface area contributed by atoms with Crippen LogP contribution in [0.5, 0.6) is 0 Å². The molecule has 0 saturated carbocycles. The molecule has 0 atom stereocenters. The summed E-state index contributed by atoms with van der Waals surface area (Å²) in [5.41, 5.74) is 0.330. The molecule has 25 heavy (non-hydrogen) atoms. The Hall–Kier alpha value is -1.12. The summed E-state index contributed by atoms with van der Waals surface area (Å²) in [6.07, 6.45) is 0. The lowest BCUT2D eigenvalue weighted by Gasteiger charge is -2.20. The van der Waals surface area contributed by atoms with Crippen molar-refractivity contribution in [1.29, 1.82) is 0 Å². The first-order valence-electron chi connectivity index (χ1n) is 7.25. The topological polar surface area (TPSA) is 66.5 Å². The number of rotatable bonds is 6. The van der Waals surface area contributed by atoms with Crippen LogP contribution in [0.1, 0.15) is 6.92 Å². The Labute approximate surface area is 165 Å². The lowest BCUT2D eigenvalue weighted by atomic mass is 10.3. The number of nitrogens with one attached hydrogen (secondary N) is 1. The molecule has 2 aromatic rings. The molecule has 0 saturated heterocycles. The molecule has 0 aliphatic carbocycles. The van der Waals surface area contributed by atoms with E-state index in [-0.39, 0.29) is 23.0 Å². The predicted octanol–water partition coefficient (Wildman–Crippen LogP) is 4.41. The monoisotopic (exact) mass is 464 g/mol. The molecular formula is C16H15BrCl2N2O3S. The quantitative estimate of drug-likeness (QED) is 0.687. The zero-order valence-electron chi connectivity index (χ0n) is 13.2. The van der Waals surface area contributed by atoms with Gasteiger partial charge in [0, 0.05) is 11.0 Å². The lowest BCUT2D eigenvalue weighted by Crippen LogP contribution is -2.37. The Morgan fingerprint density at radius 2 is 1.80 bits per heavy atom. The van der Waals surface area contributed by atoms with Crippen molar-refractivity contribution in [3.05, 3.63) is 57.0 Å².